The van der Waals surface area contributed by atoms with Gasteiger partial charge in [-0.2, -0.15) is 0 Å². The summed E-state index contributed by atoms with van der Waals surface area (Å²) in [4.78, 5) is 58.4. The molecule has 1 aliphatic carbocycles. The lowest BCUT2D eigenvalue weighted by Crippen LogP contribution is -2.48. The van der Waals surface area contributed by atoms with Crippen molar-refractivity contribution in [3.8, 4) is 0 Å². The second kappa shape index (κ2) is 19.2. The van der Waals surface area contributed by atoms with E-state index < -0.39 is 0 Å². The maximum atomic E-state index is 13.0. The molecule has 0 radical (unpaired) electrons. The molecule has 4 saturated heterocycles. The van der Waals surface area contributed by atoms with Crippen LogP contribution >= 0.6 is 0 Å². The van der Waals surface area contributed by atoms with Gasteiger partial charge >= 0.3 is 24.2 Å². The smallest absolute Gasteiger partial charge is 0.410 e. The quantitative estimate of drug-likeness (QED) is 0.160. The number of urea groups is 2. The topological polar surface area (TPSA) is 224 Å². The van der Waals surface area contributed by atoms with Crippen molar-refractivity contribution in [2.24, 2.45) is 35.1 Å². The molecular formula is C36H62N10O6. The van der Waals surface area contributed by atoms with Gasteiger partial charge in [0.05, 0.1) is 11.7 Å². The van der Waals surface area contributed by atoms with Crippen molar-refractivity contribution < 1.29 is 28.7 Å². The van der Waals surface area contributed by atoms with Gasteiger partial charge in [0.2, 0.25) is 0 Å². The fraction of sp³-hybridized carbons (Fsp3) is 0.833. The molecule has 6 amide bonds. The number of nitrogens with two attached hydrogens (primary N) is 2. The Hall–Kier alpha value is -3.98. The van der Waals surface area contributed by atoms with Crippen LogP contribution in [0.1, 0.15) is 89.9 Å². The zero-order valence-electron chi connectivity index (χ0n) is 30.8. The third-order valence-corrected chi connectivity index (χ3v) is 11.9. The predicted octanol–water partition coefficient (Wildman–Crippen LogP) is 3.49. The number of rotatable bonds is 8. The third-order valence-electron chi connectivity index (χ3n) is 11.9. The highest BCUT2D eigenvalue weighted by Gasteiger charge is 2.31. The van der Waals surface area contributed by atoms with Gasteiger partial charge in [-0.05, 0) is 102 Å². The lowest BCUT2D eigenvalue weighted by molar-refractivity contribution is 0.0211. The van der Waals surface area contributed by atoms with E-state index in [-0.39, 0.29) is 60.0 Å². The normalized spacial score (nSPS) is 24.7. The monoisotopic (exact) mass is 730 g/mol. The zero-order chi connectivity index (χ0) is 37.0. The summed E-state index contributed by atoms with van der Waals surface area (Å²) in [5, 5.41) is 21.3. The fourth-order valence-corrected chi connectivity index (χ4v) is 8.22. The highest BCUT2D eigenvalue weighted by atomic mass is 16.6. The number of carbonyl (C=O) groups excluding carboxylic acids is 4. The maximum absolute atomic E-state index is 13.0. The molecule has 16 heteroatoms. The first kappa shape index (κ1) is 39.2. The van der Waals surface area contributed by atoms with Gasteiger partial charge in [0, 0.05) is 77.3 Å². The Balaban J connectivity index is 0.904. The number of ether oxygens (including phenoxy) is 2. The van der Waals surface area contributed by atoms with Crippen molar-refractivity contribution in [1.82, 2.24) is 30.2 Å². The van der Waals surface area contributed by atoms with Crippen molar-refractivity contribution in [2.45, 2.75) is 102 Å². The molecule has 0 spiro atoms. The first-order valence-corrected chi connectivity index (χ1v) is 19.7. The van der Waals surface area contributed by atoms with E-state index in [0.717, 1.165) is 89.9 Å². The molecule has 0 atom stereocenters. The zero-order valence-corrected chi connectivity index (χ0v) is 30.8. The van der Waals surface area contributed by atoms with Crippen LogP contribution in [0.4, 0.5) is 19.2 Å². The van der Waals surface area contributed by atoms with Crippen molar-refractivity contribution >= 4 is 35.9 Å². The summed E-state index contributed by atoms with van der Waals surface area (Å²) in [5.41, 5.74) is 11.2. The van der Waals surface area contributed by atoms with Gasteiger partial charge in [-0.25, -0.2) is 19.2 Å². The third kappa shape index (κ3) is 11.5. The molecule has 5 rings (SSSR count). The Morgan fingerprint density at radius 3 is 1.12 bits per heavy atom. The summed E-state index contributed by atoms with van der Waals surface area (Å²) in [6, 6.07) is -0.131. The molecule has 0 bridgehead atoms. The highest BCUT2D eigenvalue weighted by molar-refractivity contribution is 5.81. The predicted molar refractivity (Wildman–Crippen MR) is 196 cm³/mol. The first-order valence-electron chi connectivity index (χ1n) is 19.7. The summed E-state index contributed by atoms with van der Waals surface area (Å²) >= 11 is 0. The molecule has 16 nitrogen and oxygen atoms in total. The standard InChI is InChI=1S/C36H62N10O6/c37-31(38)27-11-19-43(20-12-27)33(47)41-23-25-7-15-45(16-8-25)35(49)51-29-3-1-4-30(6-2-5-29)52-36(50)46-17-9-26(10-18-46)24-42-34(48)44-21-13-28(14-22-44)32(39)40/h25-30H,1-24H2,(H3,37,38)(H3,39,40)(H,41,47)(H,42,48)/t29-,30+. The van der Waals surface area contributed by atoms with Gasteiger partial charge < -0.3 is 51.2 Å². The van der Waals surface area contributed by atoms with E-state index in [2.05, 4.69) is 10.6 Å². The van der Waals surface area contributed by atoms with Gasteiger partial charge in [0.25, 0.3) is 0 Å². The summed E-state index contributed by atoms with van der Waals surface area (Å²) in [6.45, 7) is 6.09. The molecule has 4 aliphatic heterocycles. The number of hydrogen-bond acceptors (Lipinski definition) is 8. The summed E-state index contributed by atoms with van der Waals surface area (Å²) in [5.74, 6) is 1.19. The minimum absolute atomic E-state index is 0.0654. The number of nitrogens with one attached hydrogen (secondary N) is 4. The molecule has 5 aliphatic rings. The SMILES string of the molecule is N=C(N)C1CCN(C(=O)NCC2CCN(C(=O)O[C@H]3CCC[C@@H](OC(=O)N4CCC(CNC(=O)N5CCC(C(=N)N)CC5)CC4)CCC3)CC2)CC1. The maximum Gasteiger partial charge on any atom is 0.410 e. The van der Waals surface area contributed by atoms with Crippen LogP contribution < -0.4 is 22.1 Å². The molecule has 0 aromatic heterocycles. The molecule has 52 heavy (non-hydrogen) atoms. The second-order valence-corrected chi connectivity index (χ2v) is 15.5. The lowest BCUT2D eigenvalue weighted by Gasteiger charge is -2.35. The summed E-state index contributed by atoms with van der Waals surface area (Å²) in [6.07, 6.45) is 10.0. The van der Waals surface area contributed by atoms with Crippen LogP contribution in [0.2, 0.25) is 0 Å². The Kier molecular flexibility index (Phi) is 14.5. The fourth-order valence-electron chi connectivity index (χ4n) is 8.22. The van der Waals surface area contributed by atoms with E-state index in [1.807, 2.05) is 0 Å². The Labute approximate surface area is 308 Å². The molecule has 1 saturated carbocycles. The van der Waals surface area contributed by atoms with Crippen molar-refractivity contribution in [3.05, 3.63) is 0 Å². The Bertz CT molecular complexity index is 1140. The molecule has 0 aromatic rings. The van der Waals surface area contributed by atoms with Crippen LogP contribution in [-0.4, -0.2) is 133 Å². The number of nitrogens with zero attached hydrogens (tertiary/aromatic N) is 4. The number of carbonyl (C=O) groups is 4. The molecule has 292 valence electrons. The van der Waals surface area contributed by atoms with Crippen molar-refractivity contribution in [1.29, 1.82) is 10.8 Å². The van der Waals surface area contributed by atoms with Crippen LogP contribution in [0.3, 0.4) is 0 Å². The minimum atomic E-state index is -0.262. The van der Waals surface area contributed by atoms with Crippen LogP contribution in [0.15, 0.2) is 0 Å². The van der Waals surface area contributed by atoms with Crippen LogP contribution in [0.25, 0.3) is 0 Å². The van der Waals surface area contributed by atoms with E-state index in [1.165, 1.54) is 0 Å². The Morgan fingerprint density at radius 2 is 0.808 bits per heavy atom. The first-order chi connectivity index (χ1) is 25.0. The average Bonchev–Trinajstić information content (AvgIpc) is 3.15. The average molecular weight is 731 g/mol. The molecule has 8 N–H and O–H groups in total. The number of piperidine rings is 4. The van der Waals surface area contributed by atoms with Crippen LogP contribution in [-0.2, 0) is 9.47 Å². The molecular weight excluding hydrogens is 668 g/mol. The van der Waals surface area contributed by atoms with E-state index in [1.54, 1.807) is 19.6 Å². The molecule has 0 unspecified atom stereocenters. The molecule has 4 heterocycles. The van der Waals surface area contributed by atoms with Gasteiger partial charge in [-0.3, -0.25) is 10.8 Å². The lowest BCUT2D eigenvalue weighted by atomic mass is 9.95. The largest absolute Gasteiger partial charge is 0.446 e. The minimum Gasteiger partial charge on any atom is -0.446 e. The van der Waals surface area contributed by atoms with Gasteiger partial charge in [-0.15, -0.1) is 0 Å². The number of amidine groups is 2. The van der Waals surface area contributed by atoms with E-state index in [0.29, 0.717) is 77.3 Å². The number of amides is 6. The van der Waals surface area contributed by atoms with Gasteiger partial charge in [0.15, 0.2) is 0 Å². The number of hydrogen-bond donors (Lipinski definition) is 6. The van der Waals surface area contributed by atoms with Crippen LogP contribution in [0.5, 0.6) is 0 Å². The summed E-state index contributed by atoms with van der Waals surface area (Å²) in [7, 11) is 0. The molecule has 0 aromatic carbocycles. The van der Waals surface area contributed by atoms with Crippen LogP contribution in [0, 0.1) is 34.5 Å². The summed E-state index contributed by atoms with van der Waals surface area (Å²) < 4.78 is 11.9. The number of likely N-dealkylation sites (tertiary alicyclic amines) is 4. The van der Waals surface area contributed by atoms with Crippen molar-refractivity contribution in [3.63, 3.8) is 0 Å². The Morgan fingerprint density at radius 1 is 0.500 bits per heavy atom. The van der Waals surface area contributed by atoms with Crippen molar-refractivity contribution in [2.75, 3.05) is 65.4 Å². The van der Waals surface area contributed by atoms with E-state index >= 15 is 0 Å². The molecule has 5 fully saturated rings. The van der Waals surface area contributed by atoms with E-state index in [4.69, 9.17) is 31.8 Å². The van der Waals surface area contributed by atoms with Gasteiger partial charge in [-0.1, -0.05) is 0 Å². The second-order valence-electron chi connectivity index (χ2n) is 15.5. The van der Waals surface area contributed by atoms with Gasteiger partial charge in [0.1, 0.15) is 12.2 Å². The van der Waals surface area contributed by atoms with E-state index in [9.17, 15) is 19.2 Å². The highest BCUT2D eigenvalue weighted by Crippen LogP contribution is 2.26.